The van der Waals surface area contributed by atoms with Crippen molar-refractivity contribution in [1.82, 2.24) is 4.90 Å². The predicted molar refractivity (Wildman–Crippen MR) is 104 cm³/mol. The Morgan fingerprint density at radius 3 is 2.42 bits per heavy atom. The molecule has 6 heteroatoms. The lowest BCUT2D eigenvalue weighted by atomic mass is 10.0. The molecule has 1 fully saturated rings. The Morgan fingerprint density at radius 2 is 1.77 bits per heavy atom. The summed E-state index contributed by atoms with van der Waals surface area (Å²) in [7, 11) is -3.65. The highest BCUT2D eigenvalue weighted by atomic mass is 32.2. The summed E-state index contributed by atoms with van der Waals surface area (Å²) in [6, 6.07) is 14.2. The maximum Gasteiger partial charge on any atom is 0.261 e. The molecule has 2 aromatic rings. The van der Waals surface area contributed by atoms with Gasteiger partial charge in [-0.3, -0.25) is 9.62 Å². The summed E-state index contributed by atoms with van der Waals surface area (Å²) in [6.45, 7) is 8.80. The van der Waals surface area contributed by atoms with E-state index in [0.29, 0.717) is 18.9 Å². The summed E-state index contributed by atoms with van der Waals surface area (Å²) in [5.74, 6) is 0. The van der Waals surface area contributed by atoms with Gasteiger partial charge in [0.1, 0.15) is 0 Å². The number of rotatable bonds is 6. The number of ether oxygens (including phenoxy) is 1. The monoisotopic (exact) mass is 372 g/mol. The van der Waals surface area contributed by atoms with Crippen molar-refractivity contribution in [3.8, 4) is 0 Å². The smallest absolute Gasteiger partial charge is 0.261 e. The Balaban J connectivity index is 1.91. The molecule has 1 aliphatic heterocycles. The molecule has 3 rings (SSSR count). The van der Waals surface area contributed by atoms with Crippen molar-refractivity contribution >= 4 is 15.7 Å². The zero-order chi connectivity index (χ0) is 18.6. The number of nitrogens with one attached hydrogen (secondary N) is 1. The van der Waals surface area contributed by atoms with Gasteiger partial charge in [-0.15, -0.1) is 6.58 Å². The van der Waals surface area contributed by atoms with E-state index in [2.05, 4.69) is 16.2 Å². The van der Waals surface area contributed by atoms with Gasteiger partial charge in [0.15, 0.2) is 0 Å². The molecular weight excluding hydrogens is 348 g/mol. The molecule has 2 aromatic carbocycles. The molecule has 0 saturated carbocycles. The van der Waals surface area contributed by atoms with E-state index in [4.69, 9.17) is 4.74 Å². The number of hydrogen-bond acceptors (Lipinski definition) is 4. The Labute approximate surface area is 155 Å². The van der Waals surface area contributed by atoms with Gasteiger partial charge in [-0.2, -0.15) is 0 Å². The van der Waals surface area contributed by atoms with Gasteiger partial charge < -0.3 is 4.74 Å². The van der Waals surface area contributed by atoms with Gasteiger partial charge in [0.25, 0.3) is 10.0 Å². The summed E-state index contributed by atoms with van der Waals surface area (Å²) >= 11 is 0. The third kappa shape index (κ3) is 4.15. The number of anilines is 1. The van der Waals surface area contributed by atoms with E-state index < -0.39 is 10.0 Å². The predicted octanol–water partition coefficient (Wildman–Crippen LogP) is 3.36. The van der Waals surface area contributed by atoms with Gasteiger partial charge in [-0.1, -0.05) is 42.0 Å². The maximum atomic E-state index is 12.8. The summed E-state index contributed by atoms with van der Waals surface area (Å²) < 4.78 is 33.7. The number of benzene rings is 2. The molecule has 0 unspecified atom stereocenters. The van der Waals surface area contributed by atoms with Crippen molar-refractivity contribution in [1.29, 1.82) is 0 Å². The van der Waals surface area contributed by atoms with E-state index >= 15 is 0 Å². The van der Waals surface area contributed by atoms with E-state index in [1.165, 1.54) is 0 Å². The second-order valence-electron chi connectivity index (χ2n) is 6.33. The van der Waals surface area contributed by atoms with Crippen LogP contribution in [0, 0.1) is 6.92 Å². The zero-order valence-electron chi connectivity index (χ0n) is 14.9. The molecule has 1 N–H and O–H groups in total. The maximum absolute atomic E-state index is 12.8. The highest BCUT2D eigenvalue weighted by molar-refractivity contribution is 7.92. The van der Waals surface area contributed by atoms with Crippen molar-refractivity contribution in [2.45, 2.75) is 17.9 Å². The van der Waals surface area contributed by atoms with E-state index in [0.717, 1.165) is 24.2 Å². The lowest BCUT2D eigenvalue weighted by molar-refractivity contribution is 0.0255. The zero-order valence-corrected chi connectivity index (χ0v) is 15.7. The number of sulfonamides is 1. The number of morpholine rings is 1. The quantitative estimate of drug-likeness (QED) is 0.790. The molecule has 0 bridgehead atoms. The molecule has 1 saturated heterocycles. The van der Waals surface area contributed by atoms with Crippen LogP contribution in [-0.2, 0) is 14.8 Å². The first-order valence-corrected chi connectivity index (χ1v) is 10.1. The molecule has 5 nitrogen and oxygen atoms in total. The fourth-order valence-corrected chi connectivity index (χ4v) is 4.18. The van der Waals surface area contributed by atoms with Crippen LogP contribution in [0.2, 0.25) is 0 Å². The summed E-state index contributed by atoms with van der Waals surface area (Å²) in [5, 5.41) is 0. The van der Waals surface area contributed by atoms with Crippen LogP contribution in [-0.4, -0.2) is 39.6 Å². The third-order valence-corrected chi connectivity index (χ3v) is 5.90. The SMILES string of the molecule is C=C[C@@H](c1ccccc1NS(=O)(=O)c1ccc(C)cc1)N1CCOCC1. The lowest BCUT2D eigenvalue weighted by Crippen LogP contribution is -2.38. The standard InChI is InChI=1S/C20H24N2O3S/c1-3-20(22-12-14-25-15-13-22)18-6-4-5-7-19(18)21-26(23,24)17-10-8-16(2)9-11-17/h3-11,20-21H,1,12-15H2,2H3/t20-/m0/s1. The van der Waals surface area contributed by atoms with Gasteiger partial charge >= 0.3 is 0 Å². The minimum absolute atomic E-state index is 0.0733. The molecule has 0 aromatic heterocycles. The van der Waals surface area contributed by atoms with Crippen molar-refractivity contribution < 1.29 is 13.2 Å². The highest BCUT2D eigenvalue weighted by Gasteiger charge is 2.24. The molecule has 0 aliphatic carbocycles. The van der Waals surface area contributed by atoms with Crippen LogP contribution < -0.4 is 4.72 Å². The molecule has 1 atom stereocenters. The fraction of sp³-hybridized carbons (Fsp3) is 0.300. The van der Waals surface area contributed by atoms with Gasteiger partial charge in [0.05, 0.1) is 29.8 Å². The van der Waals surface area contributed by atoms with Gasteiger partial charge in [0, 0.05) is 13.1 Å². The van der Waals surface area contributed by atoms with Crippen LogP contribution in [0.3, 0.4) is 0 Å². The third-order valence-electron chi connectivity index (χ3n) is 4.52. The Hall–Kier alpha value is -2.15. The summed E-state index contributed by atoms with van der Waals surface area (Å²) in [4.78, 5) is 2.50. The minimum atomic E-state index is -3.65. The normalized spacial score (nSPS) is 16.8. The first kappa shape index (κ1) is 18.6. The van der Waals surface area contributed by atoms with Crippen molar-refractivity contribution in [2.75, 3.05) is 31.0 Å². The fourth-order valence-electron chi connectivity index (χ4n) is 3.10. The van der Waals surface area contributed by atoms with Gasteiger partial charge in [-0.05, 0) is 30.7 Å². The number of nitrogens with zero attached hydrogens (tertiary/aromatic N) is 1. The van der Waals surface area contributed by atoms with Crippen molar-refractivity contribution in [3.05, 3.63) is 72.3 Å². The average molecular weight is 372 g/mol. The topological polar surface area (TPSA) is 58.6 Å². The van der Waals surface area contributed by atoms with Crippen LogP contribution in [0.15, 0.2) is 66.1 Å². The van der Waals surface area contributed by atoms with E-state index in [1.54, 1.807) is 30.3 Å². The Morgan fingerprint density at radius 1 is 1.12 bits per heavy atom. The molecule has 138 valence electrons. The molecule has 26 heavy (non-hydrogen) atoms. The molecule has 1 aliphatic rings. The largest absolute Gasteiger partial charge is 0.379 e. The summed E-state index contributed by atoms with van der Waals surface area (Å²) in [6.07, 6.45) is 1.85. The molecule has 1 heterocycles. The second kappa shape index (κ2) is 8.03. The molecule has 0 radical (unpaired) electrons. The molecular formula is C20H24N2O3S. The first-order valence-electron chi connectivity index (χ1n) is 8.64. The van der Waals surface area contributed by atoms with Gasteiger partial charge in [0.2, 0.25) is 0 Å². The summed E-state index contributed by atoms with van der Waals surface area (Å²) in [5.41, 5.74) is 2.48. The average Bonchev–Trinajstić information content (AvgIpc) is 2.65. The van der Waals surface area contributed by atoms with Crippen molar-refractivity contribution in [3.63, 3.8) is 0 Å². The second-order valence-corrected chi connectivity index (χ2v) is 8.02. The van der Waals surface area contributed by atoms with E-state index in [-0.39, 0.29) is 10.9 Å². The Kier molecular flexibility index (Phi) is 5.76. The van der Waals surface area contributed by atoms with Crippen LogP contribution in [0.25, 0.3) is 0 Å². The minimum Gasteiger partial charge on any atom is -0.379 e. The van der Waals surface area contributed by atoms with E-state index in [9.17, 15) is 8.42 Å². The highest BCUT2D eigenvalue weighted by Crippen LogP contribution is 2.30. The number of para-hydroxylation sites is 1. The lowest BCUT2D eigenvalue weighted by Gasteiger charge is -2.33. The van der Waals surface area contributed by atoms with Gasteiger partial charge in [-0.25, -0.2) is 8.42 Å². The first-order chi connectivity index (χ1) is 12.5. The van der Waals surface area contributed by atoms with E-state index in [1.807, 2.05) is 31.2 Å². The molecule has 0 spiro atoms. The van der Waals surface area contributed by atoms with Crippen LogP contribution in [0.1, 0.15) is 17.2 Å². The molecule has 0 amide bonds. The number of aryl methyl sites for hydroxylation is 1. The van der Waals surface area contributed by atoms with Crippen molar-refractivity contribution in [2.24, 2.45) is 0 Å². The number of hydrogen-bond donors (Lipinski definition) is 1. The van der Waals surface area contributed by atoms with Crippen LogP contribution in [0.4, 0.5) is 5.69 Å². The van der Waals surface area contributed by atoms with Crippen LogP contribution >= 0.6 is 0 Å². The Bertz CT molecular complexity index is 857. The van der Waals surface area contributed by atoms with Crippen LogP contribution in [0.5, 0.6) is 0 Å².